The molecule has 0 radical (unpaired) electrons. The SMILES string of the molecule is CC1(C)c2cc(P(=O)(c3ccccc3)c3ccccc3)ccc2-c2cc3c(cc21)-c1c(cc(P(=O)(c2ccccc2)c2ccccc2)c2ccccc12)C3(C)C. The van der Waals surface area contributed by atoms with Gasteiger partial charge in [0, 0.05) is 42.7 Å². The monoisotopic (exact) mass is 760 g/mol. The fourth-order valence-corrected chi connectivity index (χ4v) is 15.2. The minimum absolute atomic E-state index is 0.340. The highest BCUT2D eigenvalue weighted by molar-refractivity contribution is 7.86. The Labute approximate surface area is 329 Å². The van der Waals surface area contributed by atoms with Crippen LogP contribution in [0.1, 0.15) is 49.9 Å². The molecule has 0 saturated carbocycles. The van der Waals surface area contributed by atoms with Crippen LogP contribution in [0.15, 0.2) is 182 Å². The Morgan fingerprint density at radius 3 is 1.29 bits per heavy atom. The molecule has 0 fully saturated rings. The van der Waals surface area contributed by atoms with Gasteiger partial charge in [-0.2, -0.15) is 0 Å². The fourth-order valence-electron chi connectivity index (χ4n) is 9.66. The van der Waals surface area contributed by atoms with Crippen LogP contribution in [0.5, 0.6) is 0 Å². The van der Waals surface area contributed by atoms with E-state index in [1.165, 1.54) is 44.5 Å². The van der Waals surface area contributed by atoms with Crippen LogP contribution in [-0.2, 0) is 20.0 Å². The highest BCUT2D eigenvalue weighted by atomic mass is 31.2. The summed E-state index contributed by atoms with van der Waals surface area (Å²) in [4.78, 5) is 0. The molecule has 0 N–H and O–H groups in total. The molecule has 2 aliphatic rings. The highest BCUT2D eigenvalue weighted by Gasteiger charge is 2.44. The van der Waals surface area contributed by atoms with E-state index in [1.807, 2.05) is 121 Å². The van der Waals surface area contributed by atoms with Crippen LogP contribution in [0.4, 0.5) is 0 Å². The Kier molecular flexibility index (Phi) is 7.79. The molecular formula is C52H42O2P2. The Hall–Kier alpha value is -5.52. The van der Waals surface area contributed by atoms with E-state index in [0.717, 1.165) is 42.6 Å². The third kappa shape index (κ3) is 4.83. The molecule has 0 unspecified atom stereocenters. The van der Waals surface area contributed by atoms with E-state index < -0.39 is 14.3 Å². The molecule has 0 atom stereocenters. The van der Waals surface area contributed by atoms with Gasteiger partial charge in [0.15, 0.2) is 14.3 Å². The molecule has 10 rings (SSSR count). The number of benzene rings is 8. The van der Waals surface area contributed by atoms with Crippen LogP contribution in [0.25, 0.3) is 33.0 Å². The molecule has 0 aromatic heterocycles. The molecule has 8 aromatic carbocycles. The van der Waals surface area contributed by atoms with Gasteiger partial charge in [-0.3, -0.25) is 0 Å². The first-order valence-corrected chi connectivity index (χ1v) is 22.8. The van der Waals surface area contributed by atoms with Gasteiger partial charge in [0.05, 0.1) is 0 Å². The van der Waals surface area contributed by atoms with Gasteiger partial charge >= 0.3 is 0 Å². The van der Waals surface area contributed by atoms with Crippen molar-refractivity contribution in [2.75, 3.05) is 0 Å². The summed E-state index contributed by atoms with van der Waals surface area (Å²) >= 11 is 0. The van der Waals surface area contributed by atoms with Crippen LogP contribution in [0, 0.1) is 0 Å². The van der Waals surface area contributed by atoms with Crippen molar-refractivity contribution in [1.29, 1.82) is 0 Å². The molecule has 4 heteroatoms. The third-order valence-electron chi connectivity index (χ3n) is 12.6. The maximum atomic E-state index is 16.0. The molecule has 56 heavy (non-hydrogen) atoms. The maximum Gasteiger partial charge on any atom is 0.171 e. The summed E-state index contributed by atoms with van der Waals surface area (Å²) in [6.07, 6.45) is 0. The smallest absolute Gasteiger partial charge is 0.171 e. The quantitative estimate of drug-likeness (QED) is 0.158. The molecule has 2 aliphatic carbocycles. The highest BCUT2D eigenvalue weighted by Crippen LogP contribution is 2.59. The summed E-state index contributed by atoms with van der Waals surface area (Å²) < 4.78 is 31.4. The lowest BCUT2D eigenvalue weighted by Gasteiger charge is -2.26. The van der Waals surface area contributed by atoms with Gasteiger partial charge in [-0.15, -0.1) is 0 Å². The van der Waals surface area contributed by atoms with Crippen molar-refractivity contribution in [2.45, 2.75) is 38.5 Å². The van der Waals surface area contributed by atoms with Crippen LogP contribution in [-0.4, -0.2) is 0 Å². The van der Waals surface area contributed by atoms with Gasteiger partial charge in [0.25, 0.3) is 0 Å². The zero-order valence-corrected chi connectivity index (χ0v) is 33.8. The summed E-state index contributed by atoms with van der Waals surface area (Å²) in [5.41, 5.74) is 9.14. The van der Waals surface area contributed by atoms with Crippen LogP contribution < -0.4 is 31.8 Å². The van der Waals surface area contributed by atoms with Crippen molar-refractivity contribution in [1.82, 2.24) is 0 Å². The Balaban J connectivity index is 1.18. The topological polar surface area (TPSA) is 34.1 Å². The van der Waals surface area contributed by atoms with Crippen molar-refractivity contribution in [2.24, 2.45) is 0 Å². The first-order valence-electron chi connectivity index (χ1n) is 19.4. The average molecular weight is 761 g/mol. The molecule has 0 amide bonds. The second-order valence-corrected chi connectivity index (χ2v) is 21.8. The van der Waals surface area contributed by atoms with E-state index >= 15 is 9.13 Å². The van der Waals surface area contributed by atoms with E-state index in [9.17, 15) is 0 Å². The summed E-state index contributed by atoms with van der Waals surface area (Å²) in [6.45, 7) is 9.25. The van der Waals surface area contributed by atoms with E-state index in [2.05, 4.69) is 88.4 Å². The largest absolute Gasteiger partial charge is 0.309 e. The standard InChI is InChI=1S/C52H42O2P2/c1-51(2)45-31-39(55(53,35-19-9-5-10-20-35)36-21-11-6-12-22-36)29-30-40(45)43-32-47-44(33-46(43)51)50-42-28-18-17-27-41(42)49(34-48(50)52(47,3)4)56(54,37-23-13-7-14-24-37)38-25-15-8-16-26-38/h5-34H,1-4H3. The van der Waals surface area contributed by atoms with Crippen molar-refractivity contribution in [3.8, 4) is 22.3 Å². The van der Waals surface area contributed by atoms with E-state index in [-0.39, 0.29) is 10.8 Å². The molecule has 0 spiro atoms. The summed E-state index contributed by atoms with van der Waals surface area (Å²) in [6, 6.07) is 62.1. The van der Waals surface area contributed by atoms with Crippen LogP contribution >= 0.6 is 14.3 Å². The summed E-state index contributed by atoms with van der Waals surface area (Å²) in [5.74, 6) is 0. The average Bonchev–Trinajstić information content (AvgIpc) is 3.61. The molecule has 272 valence electrons. The van der Waals surface area contributed by atoms with Gasteiger partial charge in [-0.05, 0) is 79.5 Å². The zero-order chi connectivity index (χ0) is 38.5. The van der Waals surface area contributed by atoms with E-state index in [0.29, 0.717) is 0 Å². The minimum Gasteiger partial charge on any atom is -0.309 e. The van der Waals surface area contributed by atoms with Crippen molar-refractivity contribution >= 4 is 56.9 Å². The lowest BCUT2D eigenvalue weighted by molar-refractivity contribution is 0.591. The zero-order valence-electron chi connectivity index (χ0n) is 32.0. The minimum atomic E-state index is -3.27. The molecule has 0 bridgehead atoms. The lowest BCUT2D eigenvalue weighted by atomic mass is 9.79. The maximum absolute atomic E-state index is 16.0. The second-order valence-electron chi connectivity index (χ2n) is 16.3. The molecular weight excluding hydrogens is 719 g/mol. The van der Waals surface area contributed by atoms with Gasteiger partial charge in [0.2, 0.25) is 0 Å². The molecule has 8 aromatic rings. The first-order chi connectivity index (χ1) is 27.1. The van der Waals surface area contributed by atoms with Gasteiger partial charge < -0.3 is 9.13 Å². The second kappa shape index (κ2) is 12.5. The third-order valence-corrected chi connectivity index (χ3v) is 18.8. The number of hydrogen-bond donors (Lipinski definition) is 0. The van der Waals surface area contributed by atoms with Gasteiger partial charge in [-0.25, -0.2) is 0 Å². The van der Waals surface area contributed by atoms with Crippen molar-refractivity contribution in [3.63, 3.8) is 0 Å². The Morgan fingerprint density at radius 2 is 0.750 bits per heavy atom. The van der Waals surface area contributed by atoms with Gasteiger partial charge in [0.1, 0.15) is 0 Å². The van der Waals surface area contributed by atoms with Crippen molar-refractivity contribution in [3.05, 3.63) is 204 Å². The fraction of sp³-hybridized carbons (Fsp3) is 0.115. The van der Waals surface area contributed by atoms with Gasteiger partial charge in [-0.1, -0.05) is 185 Å². The first kappa shape index (κ1) is 34.9. The normalized spacial score (nSPS) is 14.9. The Morgan fingerprint density at radius 1 is 0.339 bits per heavy atom. The lowest BCUT2D eigenvalue weighted by Crippen LogP contribution is -2.27. The Bertz CT molecular complexity index is 2860. The predicted octanol–water partition coefficient (Wildman–Crippen LogP) is 10.7. The predicted molar refractivity (Wildman–Crippen MR) is 238 cm³/mol. The molecule has 2 nitrogen and oxygen atoms in total. The summed E-state index contributed by atoms with van der Waals surface area (Å²) in [5, 5.41) is 7.25. The molecule has 0 heterocycles. The van der Waals surface area contributed by atoms with E-state index in [1.54, 1.807) is 0 Å². The number of rotatable bonds is 6. The van der Waals surface area contributed by atoms with Crippen molar-refractivity contribution < 1.29 is 9.13 Å². The number of fused-ring (bicyclic) bond motifs is 8. The number of hydrogen-bond acceptors (Lipinski definition) is 2. The molecule has 0 saturated heterocycles. The van der Waals surface area contributed by atoms with Crippen LogP contribution in [0.2, 0.25) is 0 Å². The molecule has 0 aliphatic heterocycles. The summed E-state index contributed by atoms with van der Waals surface area (Å²) in [7, 11) is -6.42. The van der Waals surface area contributed by atoms with E-state index in [4.69, 9.17) is 0 Å². The van der Waals surface area contributed by atoms with Crippen LogP contribution in [0.3, 0.4) is 0 Å².